The second-order valence-electron chi connectivity index (χ2n) is 9.76. The SMILES string of the molecule is O=C(CCCl)Nc1ccc(-c2nc3ccc(-c4ccc5nc(-c6ccc(NC(=O)CCCl)cc6)[nH]c5c4)cc3[nH]2)cc1. The molecule has 4 aromatic carbocycles. The fourth-order valence-electron chi connectivity index (χ4n) is 4.69. The van der Waals surface area contributed by atoms with Gasteiger partial charge in [-0.05, 0) is 83.9 Å². The molecule has 6 aromatic rings. The zero-order valence-corrected chi connectivity index (χ0v) is 23.9. The zero-order valence-electron chi connectivity index (χ0n) is 22.4. The van der Waals surface area contributed by atoms with E-state index in [1.54, 1.807) is 0 Å². The van der Waals surface area contributed by atoms with Gasteiger partial charge in [0.25, 0.3) is 0 Å². The summed E-state index contributed by atoms with van der Waals surface area (Å²) in [5.41, 5.74) is 8.93. The molecule has 6 rings (SSSR count). The van der Waals surface area contributed by atoms with Gasteiger partial charge < -0.3 is 20.6 Å². The lowest BCUT2D eigenvalue weighted by molar-refractivity contribution is -0.116. The van der Waals surface area contributed by atoms with Crippen LogP contribution in [0.5, 0.6) is 0 Å². The maximum absolute atomic E-state index is 11.8. The van der Waals surface area contributed by atoms with E-state index in [4.69, 9.17) is 33.2 Å². The van der Waals surface area contributed by atoms with Crippen molar-refractivity contribution in [3.8, 4) is 33.9 Å². The van der Waals surface area contributed by atoms with E-state index in [1.165, 1.54) is 0 Å². The molecule has 8 nitrogen and oxygen atoms in total. The summed E-state index contributed by atoms with van der Waals surface area (Å²) in [7, 11) is 0. The third kappa shape index (κ3) is 6.00. The van der Waals surface area contributed by atoms with Crippen LogP contribution in [0.1, 0.15) is 12.8 Å². The largest absolute Gasteiger partial charge is 0.338 e. The first-order valence-electron chi connectivity index (χ1n) is 13.4. The standard InChI is InChI=1S/C32H26Cl2N6O2/c33-15-13-29(41)35-23-7-1-19(2-8-23)31-37-25-11-5-21(17-27(25)39-31)22-6-12-26-28(18-22)40-32(38-26)20-3-9-24(10-4-20)36-30(42)14-16-34/h1-12,17-18H,13-16H2,(H,35,41)(H,36,42)(H,37,39)(H,38,40). The van der Waals surface area contributed by atoms with Gasteiger partial charge >= 0.3 is 0 Å². The highest BCUT2D eigenvalue weighted by atomic mass is 35.5. The van der Waals surface area contributed by atoms with Crippen molar-refractivity contribution in [2.24, 2.45) is 0 Å². The Bertz CT molecular complexity index is 1760. The van der Waals surface area contributed by atoms with E-state index in [9.17, 15) is 9.59 Å². The first-order valence-corrected chi connectivity index (χ1v) is 14.5. The molecule has 0 aliphatic rings. The topological polar surface area (TPSA) is 116 Å². The van der Waals surface area contributed by atoms with Crippen LogP contribution in [0, 0.1) is 0 Å². The molecule has 0 aliphatic carbocycles. The van der Waals surface area contributed by atoms with Gasteiger partial charge in [-0.15, -0.1) is 23.2 Å². The van der Waals surface area contributed by atoms with Crippen molar-refractivity contribution in [1.29, 1.82) is 0 Å². The quantitative estimate of drug-likeness (QED) is 0.129. The molecule has 210 valence electrons. The molecular weight excluding hydrogens is 571 g/mol. The Labute approximate surface area is 251 Å². The van der Waals surface area contributed by atoms with Crippen LogP contribution in [0.2, 0.25) is 0 Å². The van der Waals surface area contributed by atoms with Crippen molar-refractivity contribution in [2.45, 2.75) is 12.8 Å². The Morgan fingerprint density at radius 3 is 1.33 bits per heavy atom. The third-order valence-electron chi connectivity index (χ3n) is 6.82. The third-order valence-corrected chi connectivity index (χ3v) is 7.20. The summed E-state index contributed by atoms with van der Waals surface area (Å²) in [5, 5.41) is 5.66. The van der Waals surface area contributed by atoms with Gasteiger partial charge in [0.05, 0.1) is 22.1 Å². The molecule has 4 N–H and O–H groups in total. The number of fused-ring (bicyclic) bond motifs is 2. The van der Waals surface area contributed by atoms with Gasteiger partial charge in [-0.2, -0.15) is 0 Å². The Hall–Kier alpha value is -4.66. The van der Waals surface area contributed by atoms with E-state index in [0.717, 1.165) is 56.0 Å². The summed E-state index contributed by atoms with van der Waals surface area (Å²) < 4.78 is 0. The van der Waals surface area contributed by atoms with Crippen molar-refractivity contribution >= 4 is 68.5 Å². The molecule has 2 heterocycles. The van der Waals surface area contributed by atoms with Crippen LogP contribution >= 0.6 is 23.2 Å². The van der Waals surface area contributed by atoms with Gasteiger partial charge in [0, 0.05) is 47.1 Å². The Morgan fingerprint density at radius 1 is 0.571 bits per heavy atom. The molecule has 0 radical (unpaired) electrons. The molecule has 2 aromatic heterocycles. The average Bonchev–Trinajstić information content (AvgIpc) is 3.62. The number of nitrogens with zero attached hydrogens (tertiary/aromatic N) is 2. The smallest absolute Gasteiger partial charge is 0.225 e. The molecular formula is C32H26Cl2N6O2. The van der Waals surface area contributed by atoms with Crippen LogP contribution in [0.25, 0.3) is 56.0 Å². The molecule has 2 amide bonds. The molecule has 0 spiro atoms. The lowest BCUT2D eigenvalue weighted by Crippen LogP contribution is -2.11. The number of hydrogen-bond donors (Lipinski definition) is 4. The highest BCUT2D eigenvalue weighted by Gasteiger charge is 2.11. The van der Waals surface area contributed by atoms with Gasteiger partial charge in [-0.1, -0.05) is 12.1 Å². The van der Waals surface area contributed by atoms with Gasteiger partial charge in [0.15, 0.2) is 0 Å². The monoisotopic (exact) mass is 596 g/mol. The second-order valence-corrected chi connectivity index (χ2v) is 10.5. The van der Waals surface area contributed by atoms with E-state index in [0.29, 0.717) is 11.4 Å². The molecule has 0 saturated carbocycles. The minimum Gasteiger partial charge on any atom is -0.338 e. The normalized spacial score (nSPS) is 11.2. The maximum Gasteiger partial charge on any atom is 0.225 e. The lowest BCUT2D eigenvalue weighted by atomic mass is 10.0. The highest BCUT2D eigenvalue weighted by molar-refractivity contribution is 6.19. The fraction of sp³-hybridized carbons (Fsp3) is 0.125. The molecule has 0 atom stereocenters. The van der Waals surface area contributed by atoms with Crippen molar-refractivity contribution < 1.29 is 9.59 Å². The Kier molecular flexibility index (Phi) is 7.90. The van der Waals surface area contributed by atoms with Gasteiger partial charge in [0.1, 0.15) is 11.6 Å². The summed E-state index contributed by atoms with van der Waals surface area (Å²) in [6.45, 7) is 0. The Morgan fingerprint density at radius 2 is 0.952 bits per heavy atom. The number of carbonyl (C=O) groups is 2. The average molecular weight is 598 g/mol. The van der Waals surface area contributed by atoms with Gasteiger partial charge in [-0.25, -0.2) is 9.97 Å². The fourth-order valence-corrected chi connectivity index (χ4v) is 5.04. The molecule has 0 saturated heterocycles. The molecule has 42 heavy (non-hydrogen) atoms. The number of anilines is 2. The minimum atomic E-state index is -0.113. The van der Waals surface area contributed by atoms with E-state index < -0.39 is 0 Å². The van der Waals surface area contributed by atoms with Crippen LogP contribution in [-0.4, -0.2) is 43.5 Å². The van der Waals surface area contributed by atoms with E-state index >= 15 is 0 Å². The van der Waals surface area contributed by atoms with Crippen LogP contribution < -0.4 is 10.6 Å². The van der Waals surface area contributed by atoms with Crippen LogP contribution in [0.3, 0.4) is 0 Å². The Balaban J connectivity index is 1.21. The van der Waals surface area contributed by atoms with Crippen molar-refractivity contribution in [3.05, 3.63) is 84.9 Å². The van der Waals surface area contributed by atoms with Crippen molar-refractivity contribution in [3.63, 3.8) is 0 Å². The van der Waals surface area contributed by atoms with E-state index in [1.807, 2.05) is 60.7 Å². The highest BCUT2D eigenvalue weighted by Crippen LogP contribution is 2.30. The number of aromatic nitrogens is 4. The number of amides is 2. The first-order chi connectivity index (χ1) is 20.5. The first kappa shape index (κ1) is 27.5. The van der Waals surface area contributed by atoms with Crippen molar-refractivity contribution in [1.82, 2.24) is 19.9 Å². The van der Waals surface area contributed by atoms with E-state index in [2.05, 4.69) is 44.9 Å². The van der Waals surface area contributed by atoms with Gasteiger partial charge in [0.2, 0.25) is 11.8 Å². The van der Waals surface area contributed by atoms with Crippen molar-refractivity contribution in [2.75, 3.05) is 22.4 Å². The summed E-state index contributed by atoms with van der Waals surface area (Å²) in [6.07, 6.45) is 0.547. The number of imidazole rings is 2. The molecule has 0 fully saturated rings. The second kappa shape index (κ2) is 12.1. The summed E-state index contributed by atoms with van der Waals surface area (Å²) in [6, 6.07) is 27.4. The maximum atomic E-state index is 11.8. The molecule has 0 bridgehead atoms. The number of nitrogens with one attached hydrogen (secondary N) is 4. The van der Waals surface area contributed by atoms with Crippen LogP contribution in [-0.2, 0) is 9.59 Å². The predicted octanol–water partition coefficient (Wildman–Crippen LogP) is 7.58. The van der Waals surface area contributed by atoms with Gasteiger partial charge in [-0.3, -0.25) is 9.59 Å². The zero-order chi connectivity index (χ0) is 29.1. The number of hydrogen-bond acceptors (Lipinski definition) is 4. The number of aromatic amines is 2. The van der Waals surface area contributed by atoms with Crippen LogP contribution in [0.4, 0.5) is 11.4 Å². The summed E-state index contributed by atoms with van der Waals surface area (Å²) >= 11 is 11.3. The number of rotatable bonds is 9. The number of carbonyl (C=O) groups excluding carboxylic acids is 2. The number of alkyl halides is 2. The lowest BCUT2D eigenvalue weighted by Gasteiger charge is -2.04. The molecule has 0 unspecified atom stereocenters. The predicted molar refractivity (Wildman–Crippen MR) is 170 cm³/mol. The van der Waals surface area contributed by atoms with E-state index in [-0.39, 0.29) is 36.4 Å². The summed E-state index contributed by atoms with van der Waals surface area (Å²) in [4.78, 5) is 39.9. The summed E-state index contributed by atoms with van der Waals surface area (Å²) in [5.74, 6) is 1.85. The minimum absolute atomic E-state index is 0.113. The number of benzene rings is 4. The molecule has 10 heteroatoms. The molecule has 0 aliphatic heterocycles. The number of halogens is 2. The number of H-pyrrole nitrogens is 2. The van der Waals surface area contributed by atoms with Crippen LogP contribution in [0.15, 0.2) is 84.9 Å².